The summed E-state index contributed by atoms with van der Waals surface area (Å²) in [5.41, 5.74) is 2.38. The molecule has 0 unspecified atom stereocenters. The quantitative estimate of drug-likeness (QED) is 0.868. The van der Waals surface area contributed by atoms with Crippen molar-refractivity contribution in [2.45, 2.75) is 46.1 Å². The van der Waals surface area contributed by atoms with Gasteiger partial charge >= 0.3 is 0 Å². The van der Waals surface area contributed by atoms with Crippen LogP contribution >= 0.6 is 0 Å². The molecule has 2 rings (SSSR count). The largest absolute Gasteiger partial charge is 0.349 e. The van der Waals surface area contributed by atoms with Crippen LogP contribution in [0.25, 0.3) is 0 Å². The predicted molar refractivity (Wildman–Crippen MR) is 92.9 cm³/mol. The molecule has 1 aliphatic rings. The van der Waals surface area contributed by atoms with Crippen molar-refractivity contribution in [2.24, 2.45) is 11.8 Å². The third kappa shape index (κ3) is 5.06. The number of rotatable bonds is 6. The lowest BCUT2D eigenvalue weighted by atomic mass is 9.94. The van der Waals surface area contributed by atoms with E-state index in [1.165, 1.54) is 5.56 Å². The number of hydrogen-bond acceptors (Lipinski definition) is 3. The van der Waals surface area contributed by atoms with Gasteiger partial charge in [0.2, 0.25) is 5.91 Å². The first-order valence-corrected chi connectivity index (χ1v) is 10.2. The molecule has 0 saturated carbocycles. The first-order chi connectivity index (χ1) is 10.8. The Morgan fingerprint density at radius 2 is 1.91 bits per heavy atom. The lowest BCUT2D eigenvalue weighted by molar-refractivity contribution is -0.122. The lowest BCUT2D eigenvalue weighted by Gasteiger charge is -2.24. The van der Waals surface area contributed by atoms with Gasteiger partial charge in [0.05, 0.1) is 17.5 Å². The Bertz CT molecular complexity index is 635. The van der Waals surface area contributed by atoms with Crippen LogP contribution in [0.3, 0.4) is 0 Å². The van der Waals surface area contributed by atoms with Crippen LogP contribution < -0.4 is 5.32 Å². The van der Waals surface area contributed by atoms with Gasteiger partial charge in [0.1, 0.15) is 0 Å². The molecule has 1 amide bonds. The third-order valence-corrected chi connectivity index (χ3v) is 6.37. The van der Waals surface area contributed by atoms with Gasteiger partial charge in [-0.05, 0) is 35.8 Å². The monoisotopic (exact) mass is 337 g/mol. The Hall–Kier alpha value is -1.36. The van der Waals surface area contributed by atoms with Gasteiger partial charge in [-0.2, -0.15) is 0 Å². The second-order valence-electron chi connectivity index (χ2n) is 6.86. The van der Waals surface area contributed by atoms with Gasteiger partial charge in [0, 0.05) is 6.42 Å². The molecule has 5 heteroatoms. The smallest absolute Gasteiger partial charge is 0.220 e. The molecule has 0 radical (unpaired) electrons. The molecule has 1 fully saturated rings. The molecule has 128 valence electrons. The second kappa shape index (κ2) is 7.47. The minimum Gasteiger partial charge on any atom is -0.349 e. The highest BCUT2D eigenvalue weighted by Gasteiger charge is 2.30. The van der Waals surface area contributed by atoms with E-state index in [2.05, 4.69) is 50.4 Å². The van der Waals surface area contributed by atoms with E-state index in [4.69, 9.17) is 0 Å². The van der Waals surface area contributed by atoms with Crippen LogP contribution in [-0.2, 0) is 21.1 Å². The summed E-state index contributed by atoms with van der Waals surface area (Å²) >= 11 is 0. The van der Waals surface area contributed by atoms with Crippen molar-refractivity contribution >= 4 is 15.7 Å². The Balaban J connectivity index is 1.99. The summed E-state index contributed by atoms with van der Waals surface area (Å²) in [6.45, 7) is 6.28. The zero-order valence-electron chi connectivity index (χ0n) is 14.2. The van der Waals surface area contributed by atoms with Crippen molar-refractivity contribution in [3.63, 3.8) is 0 Å². The third-order valence-electron chi connectivity index (χ3n) is 4.53. The minimum absolute atomic E-state index is 0.0321. The Morgan fingerprint density at radius 3 is 2.39 bits per heavy atom. The van der Waals surface area contributed by atoms with E-state index < -0.39 is 9.84 Å². The second-order valence-corrected chi connectivity index (χ2v) is 9.09. The number of sulfone groups is 1. The van der Waals surface area contributed by atoms with Crippen LogP contribution in [-0.4, -0.2) is 25.8 Å². The number of benzene rings is 1. The van der Waals surface area contributed by atoms with E-state index >= 15 is 0 Å². The molecule has 4 nitrogen and oxygen atoms in total. The van der Waals surface area contributed by atoms with Crippen molar-refractivity contribution in [3.05, 3.63) is 35.4 Å². The SMILES string of the molecule is CCc1ccc([C@@H](NC(=O)C[C@@H]2CCS(=O)(=O)C2)C(C)C)cc1. The maximum Gasteiger partial charge on any atom is 0.220 e. The molecule has 0 bridgehead atoms. The van der Waals surface area contributed by atoms with Crippen molar-refractivity contribution in [3.8, 4) is 0 Å². The van der Waals surface area contributed by atoms with Gasteiger partial charge in [-0.15, -0.1) is 0 Å². The highest BCUT2D eigenvalue weighted by atomic mass is 32.2. The molecular weight excluding hydrogens is 310 g/mol. The van der Waals surface area contributed by atoms with E-state index in [0.717, 1.165) is 12.0 Å². The van der Waals surface area contributed by atoms with Crippen LogP contribution in [0.4, 0.5) is 0 Å². The number of carbonyl (C=O) groups is 1. The van der Waals surface area contributed by atoms with Crippen LogP contribution in [0.1, 0.15) is 50.8 Å². The van der Waals surface area contributed by atoms with Crippen LogP contribution in [0.15, 0.2) is 24.3 Å². The number of amides is 1. The molecule has 1 heterocycles. The van der Waals surface area contributed by atoms with Crippen molar-refractivity contribution < 1.29 is 13.2 Å². The fraction of sp³-hybridized carbons (Fsp3) is 0.611. The van der Waals surface area contributed by atoms with E-state index in [1.54, 1.807) is 0 Å². The van der Waals surface area contributed by atoms with E-state index in [-0.39, 0.29) is 35.3 Å². The summed E-state index contributed by atoms with van der Waals surface area (Å²) < 4.78 is 23.0. The normalized spacial score (nSPS) is 21.3. The molecule has 1 saturated heterocycles. The number of nitrogens with one attached hydrogen (secondary N) is 1. The first kappa shape index (κ1) is 18.0. The maximum absolute atomic E-state index is 12.3. The fourth-order valence-electron chi connectivity index (χ4n) is 3.12. The zero-order valence-corrected chi connectivity index (χ0v) is 15.0. The van der Waals surface area contributed by atoms with E-state index in [9.17, 15) is 13.2 Å². The minimum atomic E-state index is -2.93. The van der Waals surface area contributed by atoms with Gasteiger partial charge in [-0.25, -0.2) is 8.42 Å². The summed E-state index contributed by atoms with van der Waals surface area (Å²) in [6.07, 6.45) is 1.90. The lowest BCUT2D eigenvalue weighted by Crippen LogP contribution is -2.33. The average Bonchev–Trinajstić information content (AvgIpc) is 2.83. The van der Waals surface area contributed by atoms with E-state index in [0.29, 0.717) is 12.8 Å². The van der Waals surface area contributed by atoms with Crippen molar-refractivity contribution in [2.75, 3.05) is 11.5 Å². The average molecular weight is 337 g/mol. The molecule has 23 heavy (non-hydrogen) atoms. The maximum atomic E-state index is 12.3. The molecule has 2 atom stereocenters. The molecule has 0 aromatic heterocycles. The van der Waals surface area contributed by atoms with Gasteiger partial charge in [0.25, 0.3) is 0 Å². The van der Waals surface area contributed by atoms with Gasteiger partial charge in [-0.1, -0.05) is 45.0 Å². The molecular formula is C18H27NO3S. The van der Waals surface area contributed by atoms with E-state index in [1.807, 2.05) is 0 Å². The Morgan fingerprint density at radius 1 is 1.26 bits per heavy atom. The summed E-state index contributed by atoms with van der Waals surface area (Å²) in [4.78, 5) is 12.3. The number of carbonyl (C=O) groups excluding carboxylic acids is 1. The summed E-state index contributed by atoms with van der Waals surface area (Å²) in [5, 5.41) is 3.09. The highest BCUT2D eigenvalue weighted by Crippen LogP contribution is 2.25. The predicted octanol–water partition coefficient (Wildman–Crippen LogP) is 2.89. The summed E-state index contributed by atoms with van der Waals surface area (Å²) in [5.74, 6) is 0.564. The van der Waals surface area contributed by atoms with Crippen molar-refractivity contribution in [1.82, 2.24) is 5.32 Å². The molecule has 0 aliphatic carbocycles. The van der Waals surface area contributed by atoms with Gasteiger partial charge < -0.3 is 5.32 Å². The number of aryl methyl sites for hydroxylation is 1. The van der Waals surface area contributed by atoms with Crippen LogP contribution in [0.5, 0.6) is 0 Å². The molecule has 0 spiro atoms. The van der Waals surface area contributed by atoms with Crippen LogP contribution in [0, 0.1) is 11.8 Å². The summed E-state index contributed by atoms with van der Waals surface area (Å²) in [6, 6.07) is 8.31. The Kier molecular flexibility index (Phi) is 5.84. The van der Waals surface area contributed by atoms with Crippen LogP contribution in [0.2, 0.25) is 0 Å². The van der Waals surface area contributed by atoms with Crippen molar-refractivity contribution in [1.29, 1.82) is 0 Å². The summed E-state index contributed by atoms with van der Waals surface area (Å²) in [7, 11) is -2.93. The molecule has 1 aromatic carbocycles. The number of hydrogen-bond donors (Lipinski definition) is 1. The topological polar surface area (TPSA) is 63.2 Å². The Labute approximate surface area is 139 Å². The fourth-order valence-corrected chi connectivity index (χ4v) is 4.98. The molecule has 1 aromatic rings. The highest BCUT2D eigenvalue weighted by molar-refractivity contribution is 7.91. The van der Waals surface area contributed by atoms with Gasteiger partial charge in [0.15, 0.2) is 9.84 Å². The zero-order chi connectivity index (χ0) is 17.0. The first-order valence-electron chi connectivity index (χ1n) is 8.39. The molecule has 1 aliphatic heterocycles. The van der Waals surface area contributed by atoms with Gasteiger partial charge in [-0.3, -0.25) is 4.79 Å². The standard InChI is InChI=1S/C18H27NO3S/c1-4-14-5-7-16(8-6-14)18(13(2)3)19-17(20)11-15-9-10-23(21,22)12-15/h5-8,13,15,18H,4,9-12H2,1-3H3,(H,19,20)/t15-,18-/m0/s1. The molecule has 1 N–H and O–H groups in total.